The van der Waals surface area contributed by atoms with Crippen LogP contribution in [0.15, 0.2) is 46.4 Å². The fourth-order valence-corrected chi connectivity index (χ4v) is 3.30. The second-order valence-corrected chi connectivity index (χ2v) is 6.12. The molecule has 0 bridgehead atoms. The zero-order chi connectivity index (χ0) is 16.2. The summed E-state index contributed by atoms with van der Waals surface area (Å²) in [6.07, 6.45) is 0.498. The average Bonchev–Trinajstić information content (AvgIpc) is 3.19. The molecule has 0 fully saturated rings. The number of carbonyl (C=O) groups is 1. The summed E-state index contributed by atoms with van der Waals surface area (Å²) in [5, 5.41) is 14.7. The number of benzene rings is 1. The van der Waals surface area contributed by atoms with Crippen molar-refractivity contribution in [1.82, 2.24) is 5.16 Å². The number of Topliss-reactive ketones (excluding diaryl/α,β-unsaturated/α-hetero) is 1. The topological polar surface area (TPSA) is 70.0 Å². The summed E-state index contributed by atoms with van der Waals surface area (Å²) in [6.45, 7) is 1.97. The Bertz CT molecular complexity index is 808. The average molecular weight is 328 g/mol. The van der Waals surface area contributed by atoms with Crippen molar-refractivity contribution in [1.29, 1.82) is 0 Å². The quantitative estimate of drug-likeness (QED) is 0.511. The van der Waals surface area contributed by atoms with E-state index in [4.69, 9.17) is 4.52 Å². The molecule has 1 aromatic carbocycles. The largest absolute Gasteiger partial charge is 0.854 e. The van der Waals surface area contributed by atoms with Gasteiger partial charge in [0.25, 0.3) is 5.78 Å². The standard InChI is InChI=1S/C17H16N2O3S/c1-12-17(7-8-20)23-11-19(12)10-15(21)16-9-14(18-22-16)13-5-3-2-4-6-13/h2-6,9,11H,7-8,10H2,1H3. The molecule has 0 radical (unpaired) electrons. The Morgan fingerprint density at radius 2 is 2.13 bits per heavy atom. The summed E-state index contributed by atoms with van der Waals surface area (Å²) in [6, 6.07) is 11.2. The summed E-state index contributed by atoms with van der Waals surface area (Å²) in [5.74, 6) is 0.103. The van der Waals surface area contributed by atoms with Gasteiger partial charge in [-0.15, -0.1) is 6.61 Å². The van der Waals surface area contributed by atoms with Crippen molar-refractivity contribution in [2.45, 2.75) is 19.9 Å². The van der Waals surface area contributed by atoms with E-state index in [9.17, 15) is 9.90 Å². The number of aromatic nitrogens is 2. The van der Waals surface area contributed by atoms with Crippen LogP contribution in [-0.4, -0.2) is 17.5 Å². The third kappa shape index (κ3) is 3.38. The molecule has 0 saturated carbocycles. The highest BCUT2D eigenvalue weighted by atomic mass is 32.1. The van der Waals surface area contributed by atoms with Gasteiger partial charge in [-0.05, 0) is 6.42 Å². The van der Waals surface area contributed by atoms with E-state index in [0.29, 0.717) is 12.1 Å². The zero-order valence-corrected chi connectivity index (χ0v) is 13.5. The van der Waals surface area contributed by atoms with Gasteiger partial charge in [0, 0.05) is 18.6 Å². The van der Waals surface area contributed by atoms with Crippen LogP contribution < -0.4 is 9.67 Å². The van der Waals surface area contributed by atoms with Crippen LogP contribution in [0, 0.1) is 6.92 Å². The summed E-state index contributed by atoms with van der Waals surface area (Å²) >= 11 is 1.50. The fraction of sp³-hybridized carbons (Fsp3) is 0.235. The first-order valence-electron chi connectivity index (χ1n) is 7.29. The molecule has 3 rings (SSSR count). The lowest BCUT2D eigenvalue weighted by Crippen LogP contribution is -2.38. The number of thiazole rings is 1. The van der Waals surface area contributed by atoms with Crippen molar-refractivity contribution in [3.05, 3.63) is 58.2 Å². The van der Waals surface area contributed by atoms with Crippen LogP contribution >= 0.6 is 11.3 Å². The van der Waals surface area contributed by atoms with E-state index >= 15 is 0 Å². The Morgan fingerprint density at radius 1 is 1.35 bits per heavy atom. The van der Waals surface area contributed by atoms with Crippen LogP contribution in [0.3, 0.4) is 0 Å². The molecule has 2 aromatic heterocycles. The summed E-state index contributed by atoms with van der Waals surface area (Å²) in [4.78, 5) is 13.4. The third-order valence-corrected chi connectivity index (χ3v) is 4.80. The number of rotatable bonds is 6. The normalized spacial score (nSPS) is 10.9. The molecule has 5 nitrogen and oxygen atoms in total. The maximum atomic E-state index is 12.4. The SMILES string of the molecule is Cc1c(CC[O-])sc[n+]1CC(=O)c1cc(-c2ccccc2)no1. The number of nitrogens with zero attached hydrogens (tertiary/aromatic N) is 2. The van der Waals surface area contributed by atoms with Crippen LogP contribution in [0.5, 0.6) is 0 Å². The van der Waals surface area contributed by atoms with Crippen LogP contribution in [0.25, 0.3) is 11.3 Å². The minimum atomic E-state index is -0.141. The fourth-order valence-electron chi connectivity index (χ4n) is 2.32. The lowest BCUT2D eigenvalue weighted by atomic mass is 10.1. The smallest absolute Gasteiger partial charge is 0.265 e. The second-order valence-electron chi connectivity index (χ2n) is 5.18. The molecular formula is C17H16N2O3S. The van der Waals surface area contributed by atoms with Crippen LogP contribution in [-0.2, 0) is 13.0 Å². The van der Waals surface area contributed by atoms with Crippen LogP contribution in [0.1, 0.15) is 21.1 Å². The lowest BCUT2D eigenvalue weighted by Gasteiger charge is -1.99. The van der Waals surface area contributed by atoms with Crippen molar-refractivity contribution in [3.63, 3.8) is 0 Å². The van der Waals surface area contributed by atoms with Gasteiger partial charge >= 0.3 is 0 Å². The predicted octanol–water partition coefficient (Wildman–Crippen LogP) is 1.78. The molecule has 0 aliphatic carbocycles. The molecule has 2 heterocycles. The van der Waals surface area contributed by atoms with Crippen molar-refractivity contribution in [2.75, 3.05) is 6.61 Å². The second kappa shape index (κ2) is 6.85. The Hall–Kier alpha value is -2.31. The Labute approximate surface area is 137 Å². The van der Waals surface area contributed by atoms with E-state index in [1.165, 1.54) is 11.3 Å². The van der Waals surface area contributed by atoms with Gasteiger partial charge in [0.15, 0.2) is 5.69 Å². The van der Waals surface area contributed by atoms with Crippen molar-refractivity contribution in [2.24, 2.45) is 0 Å². The van der Waals surface area contributed by atoms with Crippen LogP contribution in [0.2, 0.25) is 0 Å². The van der Waals surface area contributed by atoms with Crippen molar-refractivity contribution in [3.8, 4) is 11.3 Å². The van der Waals surface area contributed by atoms with Gasteiger partial charge in [-0.1, -0.05) is 46.8 Å². The molecule has 0 saturated heterocycles. The first-order chi connectivity index (χ1) is 11.2. The van der Waals surface area contributed by atoms with Gasteiger partial charge in [0.2, 0.25) is 17.8 Å². The van der Waals surface area contributed by atoms with Gasteiger partial charge < -0.3 is 9.63 Å². The summed E-state index contributed by atoms with van der Waals surface area (Å²) in [5.41, 5.74) is 4.38. The first kappa shape index (κ1) is 15.6. The molecule has 0 amide bonds. The molecule has 3 aromatic rings. The highest BCUT2D eigenvalue weighted by Crippen LogP contribution is 2.19. The molecule has 118 valence electrons. The predicted molar refractivity (Wildman–Crippen MR) is 84.1 cm³/mol. The van der Waals surface area contributed by atoms with E-state index in [1.807, 2.05) is 47.3 Å². The molecule has 0 aliphatic heterocycles. The molecule has 0 unspecified atom stereocenters. The number of ketones is 1. The van der Waals surface area contributed by atoms with Gasteiger partial charge in [-0.25, -0.2) is 0 Å². The highest BCUT2D eigenvalue weighted by molar-refractivity contribution is 7.09. The van der Waals surface area contributed by atoms with E-state index in [0.717, 1.165) is 16.1 Å². The molecular weight excluding hydrogens is 312 g/mol. The summed E-state index contributed by atoms with van der Waals surface area (Å²) in [7, 11) is 0. The van der Waals surface area contributed by atoms with Crippen molar-refractivity contribution < 1.29 is 19.0 Å². The van der Waals surface area contributed by atoms with Gasteiger partial charge in [0.1, 0.15) is 5.69 Å². The van der Waals surface area contributed by atoms with Gasteiger partial charge in [-0.2, -0.15) is 4.57 Å². The molecule has 0 atom stereocenters. The number of carbonyl (C=O) groups excluding carboxylic acids is 1. The third-order valence-electron chi connectivity index (χ3n) is 3.65. The maximum absolute atomic E-state index is 12.4. The maximum Gasteiger partial charge on any atom is 0.265 e. The minimum absolute atomic E-state index is 0.140. The Morgan fingerprint density at radius 3 is 2.87 bits per heavy atom. The monoisotopic (exact) mass is 328 g/mol. The van der Waals surface area contributed by atoms with E-state index in [2.05, 4.69) is 5.16 Å². The van der Waals surface area contributed by atoms with E-state index in [1.54, 1.807) is 6.07 Å². The number of hydrogen-bond donors (Lipinski definition) is 0. The van der Waals surface area contributed by atoms with E-state index < -0.39 is 0 Å². The molecule has 23 heavy (non-hydrogen) atoms. The molecule has 0 spiro atoms. The lowest BCUT2D eigenvalue weighted by molar-refractivity contribution is -0.684. The molecule has 6 heteroatoms. The van der Waals surface area contributed by atoms with Gasteiger partial charge in [-0.3, -0.25) is 4.79 Å². The Kier molecular flexibility index (Phi) is 4.64. The van der Waals surface area contributed by atoms with E-state index in [-0.39, 0.29) is 24.7 Å². The van der Waals surface area contributed by atoms with Crippen LogP contribution in [0.4, 0.5) is 0 Å². The van der Waals surface area contributed by atoms with Crippen molar-refractivity contribution >= 4 is 17.1 Å². The summed E-state index contributed by atoms with van der Waals surface area (Å²) < 4.78 is 7.04. The number of hydrogen-bond acceptors (Lipinski definition) is 5. The first-order valence-corrected chi connectivity index (χ1v) is 8.17. The Balaban J connectivity index is 1.75. The minimum Gasteiger partial charge on any atom is -0.854 e. The molecule has 0 aliphatic rings. The van der Waals surface area contributed by atoms with Gasteiger partial charge in [0.05, 0.1) is 4.88 Å². The highest BCUT2D eigenvalue weighted by Gasteiger charge is 2.22. The zero-order valence-electron chi connectivity index (χ0n) is 12.7. The molecule has 0 N–H and O–H groups in total.